The van der Waals surface area contributed by atoms with Crippen LogP contribution in [0.5, 0.6) is 5.75 Å². The van der Waals surface area contributed by atoms with Gasteiger partial charge in [-0.1, -0.05) is 29.8 Å². The highest BCUT2D eigenvalue weighted by Crippen LogP contribution is 2.18. The molecule has 0 aromatic heterocycles. The molecule has 2 amide bonds. The molecule has 0 aliphatic carbocycles. The number of nitrogens with one attached hydrogen (secondary N) is 2. The van der Waals surface area contributed by atoms with Gasteiger partial charge in [0.25, 0.3) is 5.91 Å². The van der Waals surface area contributed by atoms with E-state index in [1.807, 2.05) is 18.2 Å². The van der Waals surface area contributed by atoms with E-state index >= 15 is 0 Å². The number of carbonyl (C=O) groups excluding carboxylic acids is 2. The van der Waals surface area contributed by atoms with Gasteiger partial charge in [0.15, 0.2) is 0 Å². The van der Waals surface area contributed by atoms with Crippen molar-refractivity contribution in [1.29, 1.82) is 0 Å². The van der Waals surface area contributed by atoms with Crippen molar-refractivity contribution in [2.75, 3.05) is 17.7 Å². The fourth-order valence-electron chi connectivity index (χ4n) is 2.54. The van der Waals surface area contributed by atoms with E-state index in [2.05, 4.69) is 10.6 Å². The monoisotopic (exact) mass is 406 g/mol. The molecule has 0 saturated carbocycles. The number of hydrogen-bond donors (Lipinski definition) is 2. The van der Waals surface area contributed by atoms with Crippen molar-refractivity contribution in [3.05, 3.63) is 95.0 Å². The number of hydrogen-bond acceptors (Lipinski definition) is 3. The summed E-state index contributed by atoms with van der Waals surface area (Å²) in [5, 5.41) is 6.13. The SMILES string of the molecule is COc1ccc(NC(=O)c2ccc(NC(=O)/C=C/c3ccccc3Cl)cc2)cc1. The number of rotatable bonds is 6. The second-order valence-electron chi connectivity index (χ2n) is 6.10. The van der Waals surface area contributed by atoms with Gasteiger partial charge < -0.3 is 15.4 Å². The molecule has 0 unspecified atom stereocenters. The molecule has 5 nitrogen and oxygen atoms in total. The molecule has 0 aliphatic heterocycles. The third-order valence-corrected chi connectivity index (χ3v) is 4.43. The molecule has 6 heteroatoms. The lowest BCUT2D eigenvalue weighted by Crippen LogP contribution is -2.12. The summed E-state index contributed by atoms with van der Waals surface area (Å²) in [5.74, 6) is 0.179. The van der Waals surface area contributed by atoms with Crippen LogP contribution < -0.4 is 15.4 Å². The number of benzene rings is 3. The van der Waals surface area contributed by atoms with Crippen LogP contribution in [0.1, 0.15) is 15.9 Å². The maximum Gasteiger partial charge on any atom is 0.255 e. The lowest BCUT2D eigenvalue weighted by Gasteiger charge is -2.07. The van der Waals surface area contributed by atoms with E-state index in [4.69, 9.17) is 16.3 Å². The van der Waals surface area contributed by atoms with Crippen molar-refractivity contribution in [2.45, 2.75) is 0 Å². The molecule has 0 aliphatic rings. The van der Waals surface area contributed by atoms with E-state index in [1.165, 1.54) is 6.08 Å². The number of halogens is 1. The van der Waals surface area contributed by atoms with E-state index in [-0.39, 0.29) is 11.8 Å². The Morgan fingerprint density at radius 3 is 2.14 bits per heavy atom. The molecule has 0 fully saturated rings. The van der Waals surface area contributed by atoms with Gasteiger partial charge in [0.05, 0.1) is 7.11 Å². The molecule has 0 heterocycles. The van der Waals surface area contributed by atoms with Crippen molar-refractivity contribution in [2.24, 2.45) is 0 Å². The Labute approximate surface area is 174 Å². The van der Waals surface area contributed by atoms with Gasteiger partial charge in [-0.3, -0.25) is 9.59 Å². The number of anilines is 2. The molecule has 29 heavy (non-hydrogen) atoms. The Morgan fingerprint density at radius 2 is 1.48 bits per heavy atom. The van der Waals surface area contributed by atoms with E-state index in [0.29, 0.717) is 27.7 Å². The van der Waals surface area contributed by atoms with Crippen LogP contribution in [0, 0.1) is 0 Å². The van der Waals surface area contributed by atoms with Crippen LogP contribution in [0.2, 0.25) is 5.02 Å². The summed E-state index contributed by atoms with van der Waals surface area (Å²) in [5.41, 5.74) is 2.48. The minimum atomic E-state index is -0.291. The van der Waals surface area contributed by atoms with Crippen LogP contribution >= 0.6 is 11.6 Å². The van der Waals surface area contributed by atoms with Gasteiger partial charge in [-0.25, -0.2) is 0 Å². The molecule has 0 spiro atoms. The maximum absolute atomic E-state index is 12.3. The smallest absolute Gasteiger partial charge is 0.255 e. The highest BCUT2D eigenvalue weighted by Gasteiger charge is 2.07. The minimum Gasteiger partial charge on any atom is -0.497 e. The molecular weight excluding hydrogens is 388 g/mol. The van der Waals surface area contributed by atoms with Gasteiger partial charge >= 0.3 is 0 Å². The van der Waals surface area contributed by atoms with Crippen LogP contribution in [-0.2, 0) is 4.79 Å². The molecule has 0 bridgehead atoms. The molecule has 2 N–H and O–H groups in total. The first-order chi connectivity index (χ1) is 14.0. The normalized spacial score (nSPS) is 10.6. The third kappa shape index (κ3) is 5.70. The summed E-state index contributed by atoms with van der Waals surface area (Å²) in [6.45, 7) is 0. The fraction of sp³-hybridized carbons (Fsp3) is 0.0435. The fourth-order valence-corrected chi connectivity index (χ4v) is 2.74. The van der Waals surface area contributed by atoms with Crippen molar-refractivity contribution >= 4 is 40.9 Å². The highest BCUT2D eigenvalue weighted by molar-refractivity contribution is 6.32. The Kier molecular flexibility index (Phi) is 6.66. The minimum absolute atomic E-state index is 0.244. The first kappa shape index (κ1) is 20.2. The Morgan fingerprint density at radius 1 is 0.862 bits per heavy atom. The predicted molar refractivity (Wildman–Crippen MR) is 117 cm³/mol. The average molecular weight is 407 g/mol. The quantitative estimate of drug-likeness (QED) is 0.549. The maximum atomic E-state index is 12.3. The second kappa shape index (κ2) is 9.57. The summed E-state index contributed by atoms with van der Waals surface area (Å²) in [6.07, 6.45) is 3.06. The lowest BCUT2D eigenvalue weighted by molar-refractivity contribution is -0.111. The van der Waals surface area contributed by atoms with Crippen molar-refractivity contribution in [3.8, 4) is 5.75 Å². The van der Waals surface area contributed by atoms with Gasteiger partial charge in [-0.05, 0) is 66.2 Å². The molecule has 0 saturated heterocycles. The number of ether oxygens (including phenoxy) is 1. The number of methoxy groups -OCH3 is 1. The first-order valence-electron chi connectivity index (χ1n) is 8.84. The Hall–Kier alpha value is -3.57. The lowest BCUT2D eigenvalue weighted by atomic mass is 10.2. The van der Waals surface area contributed by atoms with Gasteiger partial charge in [0, 0.05) is 28.0 Å². The summed E-state index contributed by atoms with van der Waals surface area (Å²) in [4.78, 5) is 24.4. The van der Waals surface area contributed by atoms with Gasteiger partial charge in [-0.15, -0.1) is 0 Å². The van der Waals surface area contributed by atoms with Crippen molar-refractivity contribution < 1.29 is 14.3 Å². The molecule has 146 valence electrons. The van der Waals surface area contributed by atoms with Gasteiger partial charge in [-0.2, -0.15) is 0 Å². The average Bonchev–Trinajstić information content (AvgIpc) is 2.74. The third-order valence-electron chi connectivity index (χ3n) is 4.08. The number of carbonyl (C=O) groups is 2. The summed E-state index contributed by atoms with van der Waals surface area (Å²) in [6, 6.07) is 20.9. The molecule has 0 atom stereocenters. The van der Waals surface area contributed by atoms with Crippen molar-refractivity contribution in [3.63, 3.8) is 0 Å². The van der Waals surface area contributed by atoms with Crippen LogP contribution in [0.15, 0.2) is 78.9 Å². The molecule has 0 radical (unpaired) electrons. The summed E-state index contributed by atoms with van der Waals surface area (Å²) in [7, 11) is 1.58. The molecule has 3 aromatic rings. The zero-order valence-corrected chi connectivity index (χ0v) is 16.4. The van der Waals surface area contributed by atoms with E-state index in [9.17, 15) is 9.59 Å². The van der Waals surface area contributed by atoms with Gasteiger partial charge in [0.1, 0.15) is 5.75 Å². The predicted octanol–water partition coefficient (Wildman–Crippen LogP) is 5.25. The standard InChI is InChI=1S/C23H19ClN2O3/c1-29-20-13-11-19(12-14-20)26-23(28)17-6-9-18(10-7-17)25-22(27)15-8-16-4-2-3-5-21(16)24/h2-15H,1H3,(H,25,27)(H,26,28)/b15-8+. The Bertz CT molecular complexity index is 1030. The second-order valence-corrected chi connectivity index (χ2v) is 6.51. The Balaban J connectivity index is 1.58. The summed E-state index contributed by atoms with van der Waals surface area (Å²) < 4.78 is 5.09. The van der Waals surface area contributed by atoms with Crippen molar-refractivity contribution in [1.82, 2.24) is 0 Å². The molecule has 3 rings (SSSR count). The summed E-state index contributed by atoms with van der Waals surface area (Å²) >= 11 is 6.06. The van der Waals surface area contributed by atoms with Gasteiger partial charge in [0.2, 0.25) is 5.91 Å². The zero-order chi connectivity index (χ0) is 20.6. The van der Waals surface area contributed by atoms with Crippen LogP contribution in [0.3, 0.4) is 0 Å². The molecule has 3 aromatic carbocycles. The number of amides is 2. The van der Waals surface area contributed by atoms with Crippen LogP contribution in [0.4, 0.5) is 11.4 Å². The first-order valence-corrected chi connectivity index (χ1v) is 9.22. The zero-order valence-electron chi connectivity index (χ0n) is 15.7. The van der Waals surface area contributed by atoms with Crippen LogP contribution in [-0.4, -0.2) is 18.9 Å². The largest absolute Gasteiger partial charge is 0.497 e. The van der Waals surface area contributed by atoms with E-state index in [0.717, 1.165) is 5.56 Å². The molecular formula is C23H19ClN2O3. The van der Waals surface area contributed by atoms with E-state index < -0.39 is 0 Å². The van der Waals surface area contributed by atoms with Crippen LogP contribution in [0.25, 0.3) is 6.08 Å². The topological polar surface area (TPSA) is 67.4 Å². The van der Waals surface area contributed by atoms with E-state index in [1.54, 1.807) is 67.8 Å². The highest BCUT2D eigenvalue weighted by atomic mass is 35.5.